The molecule has 140 valence electrons. The highest BCUT2D eigenvalue weighted by atomic mass is 32.2. The number of nitrogens with zero attached hydrogens (tertiary/aromatic N) is 3. The Bertz CT molecular complexity index is 1080. The summed E-state index contributed by atoms with van der Waals surface area (Å²) in [7, 11) is -3.64. The first-order valence-corrected chi connectivity index (χ1v) is 10.5. The third kappa shape index (κ3) is 2.64. The van der Waals surface area contributed by atoms with Crippen LogP contribution in [0.1, 0.15) is 24.4 Å². The molecule has 1 spiro atoms. The van der Waals surface area contributed by atoms with Gasteiger partial charge in [0.25, 0.3) is 10.0 Å². The number of rotatable bonds is 4. The SMILES string of the molecule is Cc1ccc(S(=O)(=O)n2cccc2-c2cnn(C3CC4(COC4)C3)c2)cc1. The minimum absolute atomic E-state index is 0.281. The van der Waals surface area contributed by atoms with Crippen molar-refractivity contribution in [1.29, 1.82) is 0 Å². The van der Waals surface area contributed by atoms with Gasteiger partial charge in [-0.25, -0.2) is 12.4 Å². The molecule has 1 aliphatic heterocycles. The third-order valence-electron chi connectivity index (χ3n) is 5.72. The molecule has 1 aromatic carbocycles. The highest BCUT2D eigenvalue weighted by Gasteiger charge is 2.50. The summed E-state index contributed by atoms with van der Waals surface area (Å²) in [4.78, 5) is 0.281. The predicted molar refractivity (Wildman–Crippen MR) is 101 cm³/mol. The maximum Gasteiger partial charge on any atom is 0.268 e. The largest absolute Gasteiger partial charge is 0.380 e. The van der Waals surface area contributed by atoms with E-state index in [4.69, 9.17) is 4.74 Å². The van der Waals surface area contributed by atoms with Gasteiger partial charge in [0.15, 0.2) is 0 Å². The molecule has 6 nitrogen and oxygen atoms in total. The number of hydrogen-bond acceptors (Lipinski definition) is 4. The van der Waals surface area contributed by atoms with Crippen LogP contribution in [-0.4, -0.2) is 35.4 Å². The Kier molecular flexibility index (Phi) is 3.61. The van der Waals surface area contributed by atoms with Crippen LogP contribution in [0.2, 0.25) is 0 Å². The van der Waals surface area contributed by atoms with E-state index in [1.807, 2.05) is 36.0 Å². The summed E-state index contributed by atoms with van der Waals surface area (Å²) in [5.74, 6) is 0. The van der Waals surface area contributed by atoms with Crippen LogP contribution >= 0.6 is 0 Å². The Morgan fingerprint density at radius 3 is 2.56 bits per heavy atom. The van der Waals surface area contributed by atoms with Gasteiger partial charge in [0.05, 0.1) is 36.0 Å². The summed E-state index contributed by atoms with van der Waals surface area (Å²) < 4.78 is 34.8. The summed E-state index contributed by atoms with van der Waals surface area (Å²) in [5.41, 5.74) is 2.83. The molecule has 0 atom stereocenters. The normalized spacial score (nSPS) is 19.0. The van der Waals surface area contributed by atoms with E-state index in [1.165, 1.54) is 3.97 Å². The van der Waals surface area contributed by atoms with Gasteiger partial charge in [-0.05, 0) is 44.0 Å². The molecule has 2 fully saturated rings. The van der Waals surface area contributed by atoms with Crippen molar-refractivity contribution in [3.8, 4) is 11.3 Å². The van der Waals surface area contributed by atoms with Gasteiger partial charge in [-0.2, -0.15) is 5.10 Å². The molecule has 27 heavy (non-hydrogen) atoms. The zero-order valence-electron chi connectivity index (χ0n) is 15.1. The third-order valence-corrected chi connectivity index (χ3v) is 7.42. The second-order valence-electron chi connectivity index (χ2n) is 7.77. The van der Waals surface area contributed by atoms with E-state index < -0.39 is 10.0 Å². The lowest BCUT2D eigenvalue weighted by atomic mass is 9.64. The summed E-state index contributed by atoms with van der Waals surface area (Å²) >= 11 is 0. The van der Waals surface area contributed by atoms with E-state index >= 15 is 0 Å². The predicted octanol–water partition coefficient (Wildman–Crippen LogP) is 3.25. The molecule has 0 bridgehead atoms. The molecular weight excluding hydrogens is 362 g/mol. The van der Waals surface area contributed by atoms with Crippen molar-refractivity contribution in [3.05, 3.63) is 60.6 Å². The van der Waals surface area contributed by atoms with Gasteiger partial charge in [-0.1, -0.05) is 17.7 Å². The molecule has 0 radical (unpaired) electrons. The lowest BCUT2D eigenvalue weighted by Gasteiger charge is -2.53. The van der Waals surface area contributed by atoms with Gasteiger partial charge < -0.3 is 4.74 Å². The zero-order chi connectivity index (χ0) is 18.6. The van der Waals surface area contributed by atoms with Crippen molar-refractivity contribution in [2.24, 2.45) is 5.41 Å². The molecule has 2 aliphatic rings. The second-order valence-corrected chi connectivity index (χ2v) is 9.59. The van der Waals surface area contributed by atoms with Crippen molar-refractivity contribution in [1.82, 2.24) is 13.8 Å². The molecule has 1 saturated carbocycles. The monoisotopic (exact) mass is 383 g/mol. The van der Waals surface area contributed by atoms with Gasteiger partial charge >= 0.3 is 0 Å². The van der Waals surface area contributed by atoms with Crippen LogP contribution in [0.5, 0.6) is 0 Å². The number of benzene rings is 1. The summed E-state index contributed by atoms with van der Waals surface area (Å²) in [6, 6.07) is 10.9. The Morgan fingerprint density at radius 1 is 1.15 bits per heavy atom. The van der Waals surface area contributed by atoms with Crippen molar-refractivity contribution >= 4 is 10.0 Å². The standard InChI is InChI=1S/C20H21N3O3S/c1-15-4-6-18(7-5-15)27(24,25)23-8-2-3-19(23)16-11-21-22(12-16)17-9-20(10-17)13-26-14-20/h2-8,11-12,17H,9-10,13-14H2,1H3. The molecular formula is C20H21N3O3S. The van der Waals surface area contributed by atoms with Crippen LogP contribution in [0, 0.1) is 12.3 Å². The summed E-state index contributed by atoms with van der Waals surface area (Å²) in [6.07, 6.45) is 7.45. The smallest absolute Gasteiger partial charge is 0.268 e. The van der Waals surface area contributed by atoms with Crippen LogP contribution in [0.25, 0.3) is 11.3 Å². The van der Waals surface area contributed by atoms with Gasteiger partial charge in [-0.15, -0.1) is 0 Å². The van der Waals surface area contributed by atoms with Crippen LogP contribution < -0.4 is 0 Å². The minimum Gasteiger partial charge on any atom is -0.380 e. The average Bonchev–Trinajstić information content (AvgIpc) is 3.22. The Labute approximate surface area is 158 Å². The van der Waals surface area contributed by atoms with E-state index in [0.717, 1.165) is 37.2 Å². The topological polar surface area (TPSA) is 66.1 Å². The Morgan fingerprint density at radius 2 is 1.89 bits per heavy atom. The molecule has 1 aliphatic carbocycles. The number of ether oxygens (including phenoxy) is 1. The minimum atomic E-state index is -3.64. The van der Waals surface area contributed by atoms with Gasteiger partial charge in [0.2, 0.25) is 0 Å². The van der Waals surface area contributed by atoms with E-state index in [1.54, 1.807) is 30.6 Å². The Balaban J connectivity index is 1.44. The van der Waals surface area contributed by atoms with Gasteiger partial charge in [-0.3, -0.25) is 4.68 Å². The highest BCUT2D eigenvalue weighted by Crippen LogP contribution is 2.52. The molecule has 7 heteroatoms. The van der Waals surface area contributed by atoms with Crippen molar-refractivity contribution in [3.63, 3.8) is 0 Å². The number of aromatic nitrogens is 3. The summed E-state index contributed by atoms with van der Waals surface area (Å²) in [6.45, 7) is 3.65. The molecule has 3 aromatic rings. The van der Waals surface area contributed by atoms with Crippen LogP contribution in [0.15, 0.2) is 59.9 Å². The first-order valence-electron chi connectivity index (χ1n) is 9.09. The fourth-order valence-corrected chi connectivity index (χ4v) is 5.41. The van der Waals surface area contributed by atoms with Gasteiger partial charge in [0.1, 0.15) is 0 Å². The maximum atomic E-state index is 13.1. The lowest BCUT2D eigenvalue weighted by molar-refractivity contribution is -0.175. The fourth-order valence-electron chi connectivity index (χ4n) is 4.05. The van der Waals surface area contributed by atoms with E-state index in [9.17, 15) is 8.42 Å². The van der Waals surface area contributed by atoms with E-state index in [0.29, 0.717) is 17.2 Å². The molecule has 3 heterocycles. The quantitative estimate of drug-likeness (QED) is 0.694. The second kappa shape index (κ2) is 5.81. The molecule has 0 unspecified atom stereocenters. The fraction of sp³-hybridized carbons (Fsp3) is 0.350. The van der Waals surface area contributed by atoms with Crippen LogP contribution in [0.3, 0.4) is 0 Å². The van der Waals surface area contributed by atoms with E-state index in [2.05, 4.69) is 5.10 Å². The van der Waals surface area contributed by atoms with Gasteiger partial charge in [0, 0.05) is 23.4 Å². The van der Waals surface area contributed by atoms with Crippen molar-refractivity contribution in [2.75, 3.05) is 13.2 Å². The van der Waals surface area contributed by atoms with Crippen molar-refractivity contribution < 1.29 is 13.2 Å². The first-order chi connectivity index (χ1) is 13.0. The first kappa shape index (κ1) is 16.8. The van der Waals surface area contributed by atoms with Crippen LogP contribution in [0.4, 0.5) is 0 Å². The summed E-state index contributed by atoms with van der Waals surface area (Å²) in [5, 5.41) is 4.49. The highest BCUT2D eigenvalue weighted by molar-refractivity contribution is 7.90. The molecule has 0 amide bonds. The zero-order valence-corrected chi connectivity index (χ0v) is 15.9. The average molecular weight is 383 g/mol. The van der Waals surface area contributed by atoms with Crippen LogP contribution in [-0.2, 0) is 14.8 Å². The molecule has 1 saturated heterocycles. The Hall–Kier alpha value is -2.38. The number of hydrogen-bond donors (Lipinski definition) is 0. The number of aryl methyl sites for hydroxylation is 1. The van der Waals surface area contributed by atoms with Crippen molar-refractivity contribution in [2.45, 2.75) is 30.7 Å². The lowest BCUT2D eigenvalue weighted by Crippen LogP contribution is -2.52. The molecule has 0 N–H and O–H groups in total. The molecule has 5 rings (SSSR count). The van der Waals surface area contributed by atoms with E-state index in [-0.39, 0.29) is 4.90 Å². The maximum absolute atomic E-state index is 13.1. The molecule has 2 aromatic heterocycles.